The molecular formula is C19H21FN4O2S2. The molecule has 9 heteroatoms. The average molecular weight is 421 g/mol. The lowest BCUT2D eigenvalue weighted by molar-refractivity contribution is 0.386. The number of benzene rings is 2. The first kappa shape index (κ1) is 20.2. The second kappa shape index (κ2) is 8.68. The zero-order chi connectivity index (χ0) is 20.1. The Morgan fingerprint density at radius 1 is 1.14 bits per heavy atom. The summed E-state index contributed by atoms with van der Waals surface area (Å²) in [4.78, 5) is 5.44. The van der Waals surface area contributed by atoms with Gasteiger partial charge in [0.2, 0.25) is 0 Å². The van der Waals surface area contributed by atoms with Crippen molar-refractivity contribution in [3.05, 3.63) is 71.5 Å². The number of hydrogen-bond acceptors (Lipinski definition) is 6. The van der Waals surface area contributed by atoms with E-state index in [-0.39, 0.29) is 16.9 Å². The maximum atomic E-state index is 15.1. The number of sulfonamides is 1. The van der Waals surface area contributed by atoms with E-state index < -0.39 is 20.7 Å². The lowest BCUT2D eigenvalue weighted by atomic mass is 10.1. The predicted molar refractivity (Wildman–Crippen MR) is 111 cm³/mol. The van der Waals surface area contributed by atoms with E-state index in [0.29, 0.717) is 6.54 Å². The van der Waals surface area contributed by atoms with Crippen LogP contribution in [0.25, 0.3) is 0 Å². The third-order valence-corrected chi connectivity index (χ3v) is 6.16. The molecule has 3 aromatic rings. The minimum absolute atomic E-state index is 0.123. The van der Waals surface area contributed by atoms with Crippen molar-refractivity contribution in [1.29, 1.82) is 0 Å². The standard InChI is InChI=1S/C19H21FN4O2S2/c1-24(2)13-16(14-7-4-3-5-8-14)22-15-9-6-10-17(18(15)20)28(25,26)23-19-21-11-12-27-19/h3-12,16,22H,13H2,1-2H3,(H,21,23). The maximum absolute atomic E-state index is 15.1. The van der Waals surface area contributed by atoms with Gasteiger partial charge in [0.15, 0.2) is 10.9 Å². The molecule has 148 valence electrons. The molecule has 0 radical (unpaired) electrons. The van der Waals surface area contributed by atoms with Gasteiger partial charge in [-0.25, -0.2) is 17.8 Å². The van der Waals surface area contributed by atoms with Crippen LogP contribution in [0, 0.1) is 5.82 Å². The molecule has 0 aliphatic rings. The molecule has 6 nitrogen and oxygen atoms in total. The number of hydrogen-bond donors (Lipinski definition) is 2. The Labute approximate surface area is 168 Å². The van der Waals surface area contributed by atoms with E-state index in [2.05, 4.69) is 15.0 Å². The van der Waals surface area contributed by atoms with Gasteiger partial charge in [-0.15, -0.1) is 11.3 Å². The summed E-state index contributed by atoms with van der Waals surface area (Å²) < 4.78 is 42.6. The summed E-state index contributed by atoms with van der Waals surface area (Å²) in [6.45, 7) is 0.609. The van der Waals surface area contributed by atoms with E-state index in [1.807, 2.05) is 49.3 Å². The van der Waals surface area contributed by atoms with Crippen LogP contribution in [-0.4, -0.2) is 38.9 Å². The molecule has 0 aliphatic heterocycles. The number of anilines is 2. The third kappa shape index (κ3) is 4.86. The number of nitrogens with zero attached hydrogens (tertiary/aromatic N) is 2. The van der Waals surface area contributed by atoms with Gasteiger partial charge in [-0.05, 0) is 31.8 Å². The van der Waals surface area contributed by atoms with Crippen LogP contribution < -0.4 is 10.0 Å². The van der Waals surface area contributed by atoms with Gasteiger partial charge in [0.1, 0.15) is 4.90 Å². The van der Waals surface area contributed by atoms with Crippen molar-refractivity contribution in [2.24, 2.45) is 0 Å². The Morgan fingerprint density at radius 3 is 2.54 bits per heavy atom. The van der Waals surface area contributed by atoms with Gasteiger partial charge < -0.3 is 10.2 Å². The number of rotatable bonds is 8. The van der Waals surface area contributed by atoms with Crippen molar-refractivity contribution in [3.63, 3.8) is 0 Å². The van der Waals surface area contributed by atoms with Gasteiger partial charge in [-0.3, -0.25) is 4.72 Å². The molecule has 28 heavy (non-hydrogen) atoms. The van der Waals surface area contributed by atoms with E-state index in [1.54, 1.807) is 5.38 Å². The molecule has 2 N–H and O–H groups in total. The molecule has 1 heterocycles. The summed E-state index contributed by atoms with van der Waals surface area (Å²) in [5, 5.41) is 4.97. The normalized spacial score (nSPS) is 12.7. The largest absolute Gasteiger partial charge is 0.375 e. The van der Waals surface area contributed by atoms with E-state index in [0.717, 1.165) is 16.9 Å². The molecule has 0 saturated carbocycles. The number of halogens is 1. The Kier molecular flexibility index (Phi) is 6.28. The fourth-order valence-electron chi connectivity index (χ4n) is 2.75. The number of aromatic nitrogens is 1. The Morgan fingerprint density at radius 2 is 1.89 bits per heavy atom. The van der Waals surface area contributed by atoms with Crippen LogP contribution in [0.15, 0.2) is 65.0 Å². The first-order valence-electron chi connectivity index (χ1n) is 8.54. The summed E-state index contributed by atoms with van der Waals surface area (Å²) in [7, 11) is -0.241. The third-order valence-electron chi connectivity index (χ3n) is 3.99. The van der Waals surface area contributed by atoms with Crippen LogP contribution >= 0.6 is 11.3 Å². The quantitative estimate of drug-likeness (QED) is 0.580. The number of likely N-dealkylation sites (N-methyl/N-ethyl adjacent to an activating group) is 1. The molecule has 0 saturated heterocycles. The Bertz CT molecular complexity index is 1010. The molecular weight excluding hydrogens is 399 g/mol. The summed E-state index contributed by atoms with van der Waals surface area (Å²) in [6, 6.07) is 13.7. The van der Waals surface area contributed by atoms with E-state index in [9.17, 15) is 8.42 Å². The molecule has 0 aliphatic carbocycles. The molecule has 2 aromatic carbocycles. The second-order valence-corrected chi connectivity index (χ2v) is 8.98. The van der Waals surface area contributed by atoms with Crippen molar-refractivity contribution in [1.82, 2.24) is 9.88 Å². The summed E-state index contributed by atoms with van der Waals surface area (Å²) >= 11 is 1.12. The SMILES string of the molecule is CN(C)CC(Nc1cccc(S(=O)(=O)Nc2nccs2)c1F)c1ccccc1. The van der Waals surface area contributed by atoms with Gasteiger partial charge in [0.25, 0.3) is 10.0 Å². The topological polar surface area (TPSA) is 74.3 Å². The molecule has 1 unspecified atom stereocenters. The highest BCUT2D eigenvalue weighted by Gasteiger charge is 2.23. The molecule has 0 spiro atoms. The first-order valence-corrected chi connectivity index (χ1v) is 10.9. The van der Waals surface area contributed by atoms with Crippen molar-refractivity contribution in [2.75, 3.05) is 30.7 Å². The highest BCUT2D eigenvalue weighted by molar-refractivity contribution is 7.93. The minimum Gasteiger partial charge on any atom is -0.375 e. The van der Waals surface area contributed by atoms with E-state index >= 15 is 4.39 Å². The van der Waals surface area contributed by atoms with Gasteiger partial charge in [0, 0.05) is 18.1 Å². The smallest absolute Gasteiger partial charge is 0.266 e. The van der Waals surface area contributed by atoms with Crippen molar-refractivity contribution in [2.45, 2.75) is 10.9 Å². The van der Waals surface area contributed by atoms with E-state index in [4.69, 9.17) is 0 Å². The summed E-state index contributed by atoms with van der Waals surface area (Å²) in [5.41, 5.74) is 1.10. The second-order valence-electron chi connectivity index (χ2n) is 6.43. The molecule has 1 aromatic heterocycles. The van der Waals surface area contributed by atoms with Gasteiger partial charge in [0.05, 0.1) is 11.7 Å². The average Bonchev–Trinajstić information content (AvgIpc) is 3.15. The fourth-order valence-corrected chi connectivity index (χ4v) is 4.64. The van der Waals surface area contributed by atoms with Gasteiger partial charge >= 0.3 is 0 Å². The molecule has 0 amide bonds. The van der Waals surface area contributed by atoms with Crippen LogP contribution in [-0.2, 0) is 10.0 Å². The van der Waals surface area contributed by atoms with Crippen molar-refractivity contribution >= 4 is 32.2 Å². The highest BCUT2D eigenvalue weighted by atomic mass is 32.2. The van der Waals surface area contributed by atoms with Crippen LogP contribution in [0.5, 0.6) is 0 Å². The summed E-state index contributed by atoms with van der Waals surface area (Å²) in [6.07, 6.45) is 1.47. The lowest BCUT2D eigenvalue weighted by Gasteiger charge is -2.24. The van der Waals surface area contributed by atoms with Gasteiger partial charge in [-0.1, -0.05) is 36.4 Å². The van der Waals surface area contributed by atoms with E-state index in [1.165, 1.54) is 24.4 Å². The maximum Gasteiger partial charge on any atom is 0.266 e. The first-order chi connectivity index (χ1) is 13.4. The summed E-state index contributed by atoms with van der Waals surface area (Å²) in [5.74, 6) is -0.828. The van der Waals surface area contributed by atoms with Crippen LogP contribution in [0.4, 0.5) is 15.2 Å². The molecule has 0 bridgehead atoms. The van der Waals surface area contributed by atoms with Crippen LogP contribution in [0.3, 0.4) is 0 Å². The number of nitrogens with one attached hydrogen (secondary N) is 2. The zero-order valence-corrected chi connectivity index (χ0v) is 17.1. The molecule has 3 rings (SSSR count). The molecule has 1 atom stereocenters. The Hall–Kier alpha value is -2.49. The lowest BCUT2D eigenvalue weighted by Crippen LogP contribution is -2.26. The predicted octanol–water partition coefficient (Wildman–Crippen LogP) is 3.80. The fraction of sp³-hybridized carbons (Fsp3) is 0.211. The zero-order valence-electron chi connectivity index (χ0n) is 15.5. The Balaban J connectivity index is 1.91. The monoisotopic (exact) mass is 420 g/mol. The van der Waals surface area contributed by atoms with Crippen molar-refractivity contribution in [3.8, 4) is 0 Å². The van der Waals surface area contributed by atoms with Gasteiger partial charge in [-0.2, -0.15) is 0 Å². The molecule has 0 fully saturated rings. The van der Waals surface area contributed by atoms with Crippen LogP contribution in [0.1, 0.15) is 11.6 Å². The minimum atomic E-state index is -4.09. The van der Waals surface area contributed by atoms with Crippen molar-refractivity contribution < 1.29 is 12.8 Å². The van der Waals surface area contributed by atoms with Crippen LogP contribution in [0.2, 0.25) is 0 Å². The number of thiazole rings is 1. The highest BCUT2D eigenvalue weighted by Crippen LogP contribution is 2.28.